The van der Waals surface area contributed by atoms with E-state index in [1.165, 1.54) is 34.6 Å². The number of benzene rings is 1. The van der Waals surface area contributed by atoms with Gasteiger partial charge in [-0.2, -0.15) is 15.1 Å². The van der Waals surface area contributed by atoms with Crippen LogP contribution in [0.25, 0.3) is 6.08 Å². The number of hydrazone groups is 1. The van der Waals surface area contributed by atoms with E-state index in [1.807, 2.05) is 44.2 Å². The van der Waals surface area contributed by atoms with E-state index in [9.17, 15) is 4.79 Å². The zero-order valence-corrected chi connectivity index (χ0v) is 17.4. The summed E-state index contributed by atoms with van der Waals surface area (Å²) in [6.07, 6.45) is 1.53. The van der Waals surface area contributed by atoms with Gasteiger partial charge >= 0.3 is 0 Å². The molecule has 0 aliphatic carbocycles. The first-order valence-electron chi connectivity index (χ1n) is 8.44. The van der Waals surface area contributed by atoms with Gasteiger partial charge in [-0.3, -0.25) is 10.2 Å². The number of amides is 1. The van der Waals surface area contributed by atoms with Crippen LogP contribution in [0.2, 0.25) is 5.02 Å². The van der Waals surface area contributed by atoms with Crippen molar-refractivity contribution >= 4 is 63.2 Å². The second-order valence-electron chi connectivity index (χ2n) is 6.33. The number of hydrogen-bond acceptors (Lipinski definition) is 6. The third-order valence-corrected chi connectivity index (χ3v) is 6.27. The van der Waals surface area contributed by atoms with Gasteiger partial charge in [0.15, 0.2) is 10.9 Å². The highest BCUT2D eigenvalue weighted by molar-refractivity contribution is 8.27. The van der Waals surface area contributed by atoms with E-state index < -0.39 is 5.91 Å². The molecular formula is C19H15ClN4O2S2. The molecule has 4 rings (SSSR count). The van der Waals surface area contributed by atoms with E-state index in [-0.39, 0.29) is 17.3 Å². The SMILES string of the molecule is CC(C)C1=NN2C(=N)/C(=C/c3ccc(Sc4ccc(Cl)cc4)o3)C(=O)N=C2S1. The van der Waals surface area contributed by atoms with Gasteiger partial charge in [0.05, 0.1) is 5.57 Å². The lowest BCUT2D eigenvalue weighted by Crippen LogP contribution is -2.35. The van der Waals surface area contributed by atoms with Crippen LogP contribution in [-0.2, 0) is 4.79 Å². The topological polar surface area (TPSA) is 82.0 Å². The van der Waals surface area contributed by atoms with Crippen molar-refractivity contribution in [2.75, 3.05) is 0 Å². The molecule has 0 radical (unpaired) electrons. The van der Waals surface area contributed by atoms with Gasteiger partial charge < -0.3 is 4.42 Å². The number of furan rings is 1. The van der Waals surface area contributed by atoms with E-state index in [4.69, 9.17) is 21.4 Å². The Morgan fingerprint density at radius 2 is 2.00 bits per heavy atom. The molecule has 1 aromatic carbocycles. The lowest BCUT2D eigenvalue weighted by Gasteiger charge is -2.19. The van der Waals surface area contributed by atoms with Crippen LogP contribution >= 0.6 is 35.1 Å². The Hall–Kier alpha value is -2.29. The summed E-state index contributed by atoms with van der Waals surface area (Å²) in [6.45, 7) is 4.02. The number of hydrogen-bond donors (Lipinski definition) is 1. The maximum atomic E-state index is 12.4. The first-order chi connectivity index (χ1) is 13.4. The first-order valence-corrected chi connectivity index (χ1v) is 10.4. The maximum Gasteiger partial charge on any atom is 0.283 e. The van der Waals surface area contributed by atoms with Crippen LogP contribution < -0.4 is 0 Å². The summed E-state index contributed by atoms with van der Waals surface area (Å²) in [5, 5.41) is 16.8. The van der Waals surface area contributed by atoms with E-state index in [0.717, 1.165) is 9.94 Å². The Balaban J connectivity index is 1.56. The van der Waals surface area contributed by atoms with Crippen LogP contribution in [0.15, 0.2) is 66.5 Å². The molecule has 1 aromatic heterocycles. The molecule has 0 fully saturated rings. The van der Waals surface area contributed by atoms with Crippen molar-refractivity contribution in [3.05, 3.63) is 52.8 Å². The second kappa shape index (κ2) is 7.62. The van der Waals surface area contributed by atoms with Crippen molar-refractivity contribution in [2.45, 2.75) is 23.8 Å². The summed E-state index contributed by atoms with van der Waals surface area (Å²) < 4.78 is 5.78. The highest BCUT2D eigenvalue weighted by Gasteiger charge is 2.36. The summed E-state index contributed by atoms with van der Waals surface area (Å²) in [6, 6.07) is 11.0. The zero-order valence-electron chi connectivity index (χ0n) is 15.0. The molecule has 28 heavy (non-hydrogen) atoms. The lowest BCUT2D eigenvalue weighted by atomic mass is 10.1. The maximum absolute atomic E-state index is 12.4. The molecule has 142 valence electrons. The normalized spacial score (nSPS) is 18.0. The van der Waals surface area contributed by atoms with Crippen molar-refractivity contribution in [3.63, 3.8) is 0 Å². The third kappa shape index (κ3) is 3.80. The third-order valence-electron chi connectivity index (χ3n) is 3.88. The predicted octanol–water partition coefficient (Wildman–Crippen LogP) is 5.36. The minimum absolute atomic E-state index is 0.00135. The fourth-order valence-corrected chi connectivity index (χ4v) is 4.26. The molecule has 2 aliphatic rings. The van der Waals surface area contributed by atoms with E-state index in [0.29, 0.717) is 21.0 Å². The number of thioether (sulfide) groups is 1. The molecule has 0 saturated carbocycles. The van der Waals surface area contributed by atoms with Gasteiger partial charge in [-0.15, -0.1) is 0 Å². The van der Waals surface area contributed by atoms with Crippen LogP contribution in [-0.4, -0.2) is 27.0 Å². The van der Waals surface area contributed by atoms with E-state index in [2.05, 4.69) is 10.1 Å². The van der Waals surface area contributed by atoms with Crippen LogP contribution in [0.4, 0.5) is 0 Å². The van der Waals surface area contributed by atoms with Crippen molar-refractivity contribution in [2.24, 2.45) is 16.0 Å². The standard InChI is InChI=1S/C19H15ClN4O2S2/c1-10(2)18-23-24-16(21)14(17(25)22-19(24)28-18)9-12-5-8-15(26-12)27-13-6-3-11(20)4-7-13/h3-10,21H,1-2H3/b14-9-,21-16?. The highest BCUT2D eigenvalue weighted by Crippen LogP contribution is 2.33. The van der Waals surface area contributed by atoms with Crippen LogP contribution in [0.5, 0.6) is 0 Å². The average molecular weight is 431 g/mol. The molecule has 0 unspecified atom stereocenters. The summed E-state index contributed by atoms with van der Waals surface area (Å²) in [4.78, 5) is 17.5. The Labute approximate surface area is 175 Å². The fourth-order valence-electron chi connectivity index (χ4n) is 2.47. The van der Waals surface area contributed by atoms with Crippen molar-refractivity contribution in [1.29, 1.82) is 5.41 Å². The van der Waals surface area contributed by atoms with E-state index in [1.54, 1.807) is 6.07 Å². The monoisotopic (exact) mass is 430 g/mol. The van der Waals surface area contributed by atoms with Crippen molar-refractivity contribution < 1.29 is 9.21 Å². The summed E-state index contributed by atoms with van der Waals surface area (Å²) in [7, 11) is 0. The van der Waals surface area contributed by atoms with Gasteiger partial charge in [0.1, 0.15) is 10.8 Å². The number of nitrogens with one attached hydrogen (secondary N) is 1. The molecular weight excluding hydrogens is 416 g/mol. The number of amidine groups is 2. The number of carbonyl (C=O) groups is 1. The molecule has 9 heteroatoms. The minimum Gasteiger partial charge on any atom is -0.450 e. The number of rotatable bonds is 4. The Morgan fingerprint density at radius 1 is 1.25 bits per heavy atom. The number of carbonyl (C=O) groups excluding carboxylic acids is 1. The average Bonchev–Trinajstić information content (AvgIpc) is 3.27. The molecule has 6 nitrogen and oxygen atoms in total. The Kier molecular flexibility index (Phi) is 5.18. The Bertz CT molecular complexity index is 1050. The number of halogens is 1. The molecule has 3 heterocycles. The predicted molar refractivity (Wildman–Crippen MR) is 114 cm³/mol. The molecule has 2 aromatic rings. The van der Waals surface area contributed by atoms with Crippen molar-refractivity contribution in [3.8, 4) is 0 Å². The highest BCUT2D eigenvalue weighted by atomic mass is 35.5. The first kappa shape index (κ1) is 19.0. The van der Waals surface area contributed by atoms with Crippen LogP contribution in [0, 0.1) is 11.3 Å². The smallest absolute Gasteiger partial charge is 0.283 e. The minimum atomic E-state index is -0.465. The molecule has 0 spiro atoms. The van der Waals surface area contributed by atoms with Gasteiger partial charge in [0, 0.05) is 15.8 Å². The lowest BCUT2D eigenvalue weighted by molar-refractivity contribution is -0.114. The van der Waals surface area contributed by atoms with Gasteiger partial charge in [0.25, 0.3) is 5.91 Å². The van der Waals surface area contributed by atoms with Gasteiger partial charge in [-0.1, -0.05) is 37.2 Å². The molecule has 0 bridgehead atoms. The van der Waals surface area contributed by atoms with Gasteiger partial charge in [0.2, 0.25) is 5.17 Å². The Morgan fingerprint density at radius 3 is 2.71 bits per heavy atom. The molecule has 0 saturated heterocycles. The number of fused-ring (bicyclic) bond motifs is 1. The van der Waals surface area contributed by atoms with Crippen LogP contribution in [0.1, 0.15) is 19.6 Å². The number of aliphatic imine (C=N–C) groups is 1. The quantitative estimate of drug-likeness (QED) is 0.660. The van der Waals surface area contributed by atoms with E-state index >= 15 is 0 Å². The summed E-state index contributed by atoms with van der Waals surface area (Å²) in [5.41, 5.74) is 0.149. The zero-order chi connectivity index (χ0) is 19.8. The second-order valence-corrected chi connectivity index (χ2v) is 8.83. The van der Waals surface area contributed by atoms with Gasteiger partial charge in [-0.25, -0.2) is 0 Å². The molecule has 2 aliphatic heterocycles. The molecule has 1 amide bonds. The number of nitrogens with zero attached hydrogens (tertiary/aromatic N) is 3. The fraction of sp³-hybridized carbons (Fsp3) is 0.158. The van der Waals surface area contributed by atoms with Crippen molar-refractivity contribution in [1.82, 2.24) is 5.01 Å². The molecule has 0 atom stereocenters. The summed E-state index contributed by atoms with van der Waals surface area (Å²) >= 11 is 8.67. The molecule has 1 N–H and O–H groups in total. The van der Waals surface area contributed by atoms with Gasteiger partial charge in [-0.05, 0) is 54.2 Å². The summed E-state index contributed by atoms with van der Waals surface area (Å²) in [5.74, 6) is 0.211. The van der Waals surface area contributed by atoms with Crippen LogP contribution in [0.3, 0.4) is 0 Å². The largest absolute Gasteiger partial charge is 0.450 e.